The summed E-state index contributed by atoms with van der Waals surface area (Å²) in [5.74, 6) is -3.22. The third-order valence-electron chi connectivity index (χ3n) is 17.9. The van der Waals surface area contributed by atoms with Gasteiger partial charge < -0.3 is 49.7 Å². The SMILES string of the molecule is C1=CCCC=C1.COC(=O)C1C2C=CC(CC2)C1C(=O)O.COC(=O)C1C2C=CC(CC2)C1NC(=O)OCc1ccccc1.COC(=O)C1C2CCC(CC2)C1N.O=C1C=CC(=O)O1.O=C1OC(=O)[C@H]2C3C=CC(CC3)[C@@H]12.OCc1ccccc1. The maximum atomic E-state index is 12.1. The molecule has 2 heterocycles. The average molecular weight is 1170 g/mol. The van der Waals surface area contributed by atoms with Crippen LogP contribution in [0.4, 0.5) is 4.79 Å². The number of fused-ring (bicyclic) bond motifs is 8. The van der Waals surface area contributed by atoms with Crippen molar-refractivity contribution in [3.05, 3.63) is 145 Å². The summed E-state index contributed by atoms with van der Waals surface area (Å²) in [5, 5.41) is 20.5. The summed E-state index contributed by atoms with van der Waals surface area (Å²) in [6, 6.07) is 18.8. The standard InChI is InChI=1S/C18H21NO4.C11H14O4.C10H17NO2.C10H10O3.C7H8O.C6H8.C4H2O3/c1-22-17(20)15-13-7-9-14(10-8-13)16(15)19-18(21)23-11-12-5-3-2-4-6-12;1-15-11(14)9-7-4-2-6(3-5-7)8(9)10(12)13;1-13-10(12)8-6-2-4-7(5-3-6)9(8)11;11-9-7-5-1-2-6(4-3-5)8(7)10(12)13-9;8-6-7-4-2-1-3-5-7;1-2-4-6-5-3-1;5-3-1-2-4(6)7-3/h2-7,9,13-16H,8,10-11H2,1H3,(H,19,21);2,4,6-9H,3,5H2,1H3,(H,12,13);6-9H,2-5,11H2,1H3;1-2,5-8H,3-4H2;1-5,8H,6H2;1-4H,5-6H2;1-2H/t;;;5?,6?,7-,8+;;;. The van der Waals surface area contributed by atoms with Crippen LogP contribution in [-0.2, 0) is 80.0 Å². The van der Waals surface area contributed by atoms with Crippen molar-refractivity contribution in [2.45, 2.75) is 102 Å². The van der Waals surface area contributed by atoms with Gasteiger partial charge in [0.2, 0.25) is 0 Å². The number of carboxylic acids is 1. The molecule has 17 rings (SSSR count). The number of aliphatic hydroxyl groups excluding tert-OH is 1. The lowest BCUT2D eigenvalue weighted by Crippen LogP contribution is -2.54. The van der Waals surface area contributed by atoms with E-state index in [-0.39, 0.29) is 114 Å². The van der Waals surface area contributed by atoms with Crippen molar-refractivity contribution >= 4 is 53.8 Å². The van der Waals surface area contributed by atoms with E-state index in [2.05, 4.69) is 68.1 Å². The molecule has 0 aromatic heterocycles. The van der Waals surface area contributed by atoms with Gasteiger partial charge in [-0.2, -0.15) is 0 Å². The zero-order valence-corrected chi connectivity index (χ0v) is 48.4. The van der Waals surface area contributed by atoms with Gasteiger partial charge in [0.1, 0.15) is 6.61 Å². The number of esters is 7. The maximum Gasteiger partial charge on any atom is 0.407 e. The maximum absolute atomic E-state index is 12.1. The van der Waals surface area contributed by atoms with E-state index in [4.69, 9.17) is 30.2 Å². The van der Waals surface area contributed by atoms with Gasteiger partial charge >= 0.3 is 53.8 Å². The van der Waals surface area contributed by atoms with Crippen LogP contribution in [0.2, 0.25) is 0 Å². The highest BCUT2D eigenvalue weighted by molar-refractivity contribution is 6.05. The Balaban J connectivity index is 0.000000148. The quantitative estimate of drug-likeness (QED) is 0.0837. The van der Waals surface area contributed by atoms with E-state index in [0.717, 1.165) is 74.6 Å². The van der Waals surface area contributed by atoms with E-state index in [9.17, 15) is 43.2 Å². The highest BCUT2D eigenvalue weighted by Gasteiger charge is 2.55. The molecule has 2 aromatic carbocycles. The lowest BCUT2D eigenvalue weighted by atomic mass is 9.62. The fraction of sp³-hybridized carbons (Fsp3) is 0.500. The van der Waals surface area contributed by atoms with Crippen molar-refractivity contribution in [3.63, 3.8) is 0 Å². The Labute approximate surface area is 496 Å². The van der Waals surface area contributed by atoms with Crippen LogP contribution >= 0.6 is 0 Å². The molecule has 2 aliphatic heterocycles. The molecule has 85 heavy (non-hydrogen) atoms. The zero-order chi connectivity index (χ0) is 61.0. The summed E-state index contributed by atoms with van der Waals surface area (Å²) in [5.41, 5.74) is 7.93. The van der Waals surface area contributed by atoms with Crippen LogP contribution < -0.4 is 11.1 Å². The summed E-state index contributed by atoms with van der Waals surface area (Å²) in [6.07, 6.45) is 35.4. The molecule has 0 radical (unpaired) electrons. The zero-order valence-electron chi connectivity index (χ0n) is 48.4. The van der Waals surface area contributed by atoms with Gasteiger partial charge in [-0.3, -0.25) is 28.8 Å². The Morgan fingerprint density at radius 2 is 0.953 bits per heavy atom. The number of ether oxygens (including phenoxy) is 6. The number of benzene rings is 2. The third-order valence-corrected chi connectivity index (χ3v) is 17.9. The molecule has 19 nitrogen and oxygen atoms in total. The summed E-state index contributed by atoms with van der Waals surface area (Å²) in [6.45, 7) is 0.354. The molecule has 0 spiro atoms. The van der Waals surface area contributed by atoms with Crippen LogP contribution in [0.25, 0.3) is 0 Å². The van der Waals surface area contributed by atoms with Gasteiger partial charge in [0.15, 0.2) is 0 Å². The molecule has 19 heteroatoms. The van der Waals surface area contributed by atoms with E-state index >= 15 is 0 Å². The van der Waals surface area contributed by atoms with Crippen LogP contribution in [0, 0.1) is 82.9 Å². The molecule has 5 N–H and O–H groups in total. The molecule has 1 amide bonds. The van der Waals surface area contributed by atoms with Crippen LogP contribution in [0.5, 0.6) is 0 Å². The van der Waals surface area contributed by atoms with Crippen LogP contribution in [0.15, 0.2) is 134 Å². The molecule has 12 unspecified atom stereocenters. The summed E-state index contributed by atoms with van der Waals surface area (Å²) >= 11 is 0. The van der Waals surface area contributed by atoms with E-state index in [1.807, 2.05) is 72.8 Å². The average Bonchev–Trinajstić information content (AvgIpc) is 2.73. The first-order valence-electron chi connectivity index (χ1n) is 29.5. The van der Waals surface area contributed by atoms with E-state index in [1.165, 1.54) is 47.0 Å². The molecule has 1 saturated heterocycles. The first kappa shape index (κ1) is 64.8. The number of aliphatic hydroxyl groups is 1. The van der Waals surface area contributed by atoms with Crippen LogP contribution in [0.1, 0.15) is 88.2 Å². The minimum atomic E-state index is -0.885. The molecule has 15 aliphatic rings. The molecular formula is C66H80N2O17. The second-order valence-electron chi connectivity index (χ2n) is 22.8. The van der Waals surface area contributed by atoms with Gasteiger partial charge in [-0.25, -0.2) is 14.4 Å². The monoisotopic (exact) mass is 1170 g/mol. The molecule has 13 aliphatic carbocycles. The minimum Gasteiger partial charge on any atom is -0.481 e. The molecule has 8 bridgehead atoms. The number of nitrogens with one attached hydrogen (secondary N) is 1. The highest BCUT2D eigenvalue weighted by atomic mass is 16.6. The van der Waals surface area contributed by atoms with Gasteiger partial charge in [0.05, 0.1) is 69.5 Å². The van der Waals surface area contributed by atoms with Crippen LogP contribution in [-0.4, -0.2) is 97.5 Å². The number of aliphatic carboxylic acids is 1. The topological polar surface area (TPSA) is 288 Å². The first-order valence-corrected chi connectivity index (χ1v) is 29.5. The van der Waals surface area contributed by atoms with Crippen molar-refractivity contribution in [2.75, 3.05) is 21.3 Å². The Morgan fingerprint density at radius 1 is 0.529 bits per heavy atom. The Morgan fingerprint density at radius 3 is 1.35 bits per heavy atom. The first-order chi connectivity index (χ1) is 41.1. The summed E-state index contributed by atoms with van der Waals surface area (Å²) < 4.78 is 28.3. The third kappa shape index (κ3) is 17.2. The predicted molar refractivity (Wildman–Crippen MR) is 309 cm³/mol. The second kappa shape index (κ2) is 31.9. The Bertz CT molecular complexity index is 2770. The Hall–Kier alpha value is -7.77. The normalized spacial score (nSPS) is 31.6. The number of carbonyl (C=O) groups excluding carboxylic acids is 8. The lowest BCUT2D eigenvalue weighted by molar-refractivity contribution is -0.162. The van der Waals surface area contributed by atoms with Gasteiger partial charge in [-0.1, -0.05) is 121 Å². The predicted octanol–water partition coefficient (Wildman–Crippen LogP) is 8.26. The summed E-state index contributed by atoms with van der Waals surface area (Å²) in [4.78, 5) is 101. The van der Waals surface area contributed by atoms with E-state index in [0.29, 0.717) is 11.8 Å². The largest absolute Gasteiger partial charge is 0.481 e. The van der Waals surface area contributed by atoms with E-state index < -0.39 is 35.8 Å². The molecule has 456 valence electrons. The number of methoxy groups -OCH3 is 3. The van der Waals surface area contributed by atoms with Crippen molar-refractivity contribution in [1.29, 1.82) is 0 Å². The number of alkyl carbamates (subject to hydrolysis) is 1. The van der Waals surface area contributed by atoms with Gasteiger partial charge in [0.25, 0.3) is 0 Å². The number of carboxylic acid groups (broad SMARTS) is 1. The van der Waals surface area contributed by atoms with Gasteiger partial charge in [0, 0.05) is 18.2 Å². The molecule has 14 atom stereocenters. The molecule has 7 fully saturated rings. The fourth-order valence-electron chi connectivity index (χ4n) is 13.6. The van der Waals surface area contributed by atoms with Gasteiger partial charge in [-0.15, -0.1) is 0 Å². The number of nitrogens with two attached hydrogens (primary N) is 1. The second-order valence-corrected chi connectivity index (χ2v) is 22.8. The molecular weight excluding hydrogens is 1090 g/mol. The number of cyclic esters (lactones) is 4. The number of rotatable bonds is 8. The number of amides is 1. The van der Waals surface area contributed by atoms with Crippen molar-refractivity contribution in [2.24, 2.45) is 88.6 Å². The van der Waals surface area contributed by atoms with Crippen molar-refractivity contribution < 1.29 is 81.8 Å². The number of allylic oxidation sites excluding steroid dienone is 9. The van der Waals surface area contributed by atoms with Crippen molar-refractivity contribution in [3.8, 4) is 0 Å². The fourth-order valence-corrected chi connectivity index (χ4v) is 13.6. The smallest absolute Gasteiger partial charge is 0.407 e. The van der Waals surface area contributed by atoms with Crippen LogP contribution in [0.3, 0.4) is 0 Å². The number of carbonyl (C=O) groups is 9. The Kier molecular flexibility index (Phi) is 24.3. The lowest BCUT2D eigenvalue weighted by Gasteiger charge is -2.45. The molecule has 2 aromatic rings. The van der Waals surface area contributed by atoms with Crippen molar-refractivity contribution in [1.82, 2.24) is 5.32 Å². The highest BCUT2D eigenvalue weighted by Crippen LogP contribution is 2.49. The van der Waals surface area contributed by atoms with E-state index in [1.54, 1.807) is 0 Å². The molecule has 6 saturated carbocycles. The minimum absolute atomic E-state index is 0.00315. The number of hydrogen-bond acceptors (Lipinski definition) is 17. The number of hydrogen-bond donors (Lipinski definition) is 4. The van der Waals surface area contributed by atoms with Gasteiger partial charge in [-0.05, 0) is 136 Å². The summed E-state index contributed by atoms with van der Waals surface area (Å²) in [7, 11) is 4.16.